The summed E-state index contributed by atoms with van der Waals surface area (Å²) in [6, 6.07) is 5.93. The van der Waals surface area contributed by atoms with Gasteiger partial charge in [-0.15, -0.1) is 0 Å². The van der Waals surface area contributed by atoms with Gasteiger partial charge in [0.05, 0.1) is 6.04 Å². The standard InChI is InChI=1S/C22H23N3O3/c26-20-6-5-15(25-20)12-28-22-16-10-17-18(9-14(16)7-8-23-22)21(27)24-11-19(17)13-3-1-2-4-13/h7-11,13,15H,1-6,12H2,(H,24,27)(H,25,26)/t15-/m0/s1. The lowest BCUT2D eigenvalue weighted by atomic mass is 9.93. The van der Waals surface area contributed by atoms with Gasteiger partial charge >= 0.3 is 0 Å². The van der Waals surface area contributed by atoms with Crippen LogP contribution < -0.4 is 15.6 Å². The van der Waals surface area contributed by atoms with Gasteiger partial charge in [-0.1, -0.05) is 12.8 Å². The quantitative estimate of drug-likeness (QED) is 0.683. The van der Waals surface area contributed by atoms with E-state index in [0.717, 1.165) is 40.8 Å². The fourth-order valence-corrected chi connectivity index (χ4v) is 4.59. The molecule has 3 heterocycles. The number of aromatic amines is 1. The van der Waals surface area contributed by atoms with Crippen LogP contribution in [0.4, 0.5) is 0 Å². The number of rotatable bonds is 4. The molecule has 1 saturated heterocycles. The molecule has 0 radical (unpaired) electrons. The van der Waals surface area contributed by atoms with Gasteiger partial charge < -0.3 is 15.0 Å². The Kier molecular flexibility index (Phi) is 4.26. The molecule has 2 fully saturated rings. The van der Waals surface area contributed by atoms with Crippen LogP contribution in [0.5, 0.6) is 5.88 Å². The maximum absolute atomic E-state index is 12.5. The molecule has 6 nitrogen and oxygen atoms in total. The van der Waals surface area contributed by atoms with Gasteiger partial charge in [0.2, 0.25) is 11.8 Å². The van der Waals surface area contributed by atoms with Gasteiger partial charge in [0.25, 0.3) is 5.56 Å². The molecule has 0 unspecified atom stereocenters. The third kappa shape index (κ3) is 3.03. The summed E-state index contributed by atoms with van der Waals surface area (Å²) in [6.07, 6.45) is 9.73. The minimum absolute atomic E-state index is 0.0295. The molecule has 1 aromatic carbocycles. The van der Waals surface area contributed by atoms with Crippen molar-refractivity contribution in [2.75, 3.05) is 6.61 Å². The Bertz CT molecular complexity index is 1120. The summed E-state index contributed by atoms with van der Waals surface area (Å²) in [4.78, 5) is 31.2. The molecular formula is C22H23N3O3. The number of nitrogens with zero attached hydrogens (tertiary/aromatic N) is 1. The average molecular weight is 377 g/mol. The third-order valence-electron chi connectivity index (χ3n) is 6.08. The molecule has 2 aliphatic rings. The van der Waals surface area contributed by atoms with Crippen molar-refractivity contribution in [2.24, 2.45) is 0 Å². The maximum atomic E-state index is 12.5. The third-order valence-corrected chi connectivity index (χ3v) is 6.08. The van der Waals surface area contributed by atoms with Crippen molar-refractivity contribution < 1.29 is 9.53 Å². The number of carbonyl (C=O) groups excluding carboxylic acids is 1. The van der Waals surface area contributed by atoms with Crippen LogP contribution in [0.2, 0.25) is 0 Å². The van der Waals surface area contributed by atoms with E-state index in [4.69, 9.17) is 4.74 Å². The molecule has 2 N–H and O–H groups in total. The van der Waals surface area contributed by atoms with Crippen molar-refractivity contribution >= 4 is 27.5 Å². The zero-order valence-corrected chi connectivity index (χ0v) is 15.7. The highest BCUT2D eigenvalue weighted by molar-refractivity contribution is 6.01. The van der Waals surface area contributed by atoms with Crippen LogP contribution in [-0.4, -0.2) is 28.5 Å². The van der Waals surface area contributed by atoms with Crippen molar-refractivity contribution in [3.8, 4) is 5.88 Å². The number of carbonyl (C=O) groups is 1. The molecule has 144 valence electrons. The molecule has 1 saturated carbocycles. The van der Waals surface area contributed by atoms with Crippen LogP contribution in [0.25, 0.3) is 21.5 Å². The number of aromatic nitrogens is 2. The summed E-state index contributed by atoms with van der Waals surface area (Å²) in [5.41, 5.74) is 1.15. The molecule has 2 aromatic heterocycles. The predicted molar refractivity (Wildman–Crippen MR) is 108 cm³/mol. The number of nitrogens with one attached hydrogen (secondary N) is 2. The van der Waals surface area contributed by atoms with Gasteiger partial charge in [-0.05, 0) is 59.7 Å². The van der Waals surface area contributed by atoms with E-state index >= 15 is 0 Å². The number of hydrogen-bond acceptors (Lipinski definition) is 4. The molecule has 0 spiro atoms. The molecule has 1 amide bonds. The van der Waals surface area contributed by atoms with Crippen molar-refractivity contribution in [3.63, 3.8) is 0 Å². The van der Waals surface area contributed by atoms with Gasteiger partial charge in [-0.3, -0.25) is 9.59 Å². The van der Waals surface area contributed by atoms with Gasteiger partial charge in [0.1, 0.15) is 6.61 Å². The molecule has 1 aliphatic heterocycles. The summed E-state index contributed by atoms with van der Waals surface area (Å²) in [5, 5.41) is 6.47. The van der Waals surface area contributed by atoms with Crippen LogP contribution >= 0.6 is 0 Å². The van der Waals surface area contributed by atoms with Crippen molar-refractivity contribution in [3.05, 3.63) is 46.5 Å². The van der Waals surface area contributed by atoms with Crippen molar-refractivity contribution in [2.45, 2.75) is 50.5 Å². The Morgan fingerprint density at radius 1 is 1.07 bits per heavy atom. The van der Waals surface area contributed by atoms with Crippen molar-refractivity contribution in [1.82, 2.24) is 15.3 Å². The lowest BCUT2D eigenvalue weighted by Crippen LogP contribution is -2.31. The Hall–Kier alpha value is -2.89. The normalized spacial score (nSPS) is 20.1. The second-order valence-corrected chi connectivity index (χ2v) is 7.90. The molecule has 28 heavy (non-hydrogen) atoms. The number of ether oxygens (including phenoxy) is 1. The fourth-order valence-electron chi connectivity index (χ4n) is 4.59. The van der Waals surface area contributed by atoms with Gasteiger partial charge in [-0.2, -0.15) is 0 Å². The minimum Gasteiger partial charge on any atom is -0.475 e. The van der Waals surface area contributed by atoms with E-state index in [1.165, 1.54) is 18.4 Å². The fraction of sp³-hybridized carbons (Fsp3) is 0.409. The molecule has 5 rings (SSSR count). The summed E-state index contributed by atoms with van der Waals surface area (Å²) >= 11 is 0. The first-order valence-corrected chi connectivity index (χ1v) is 10.1. The number of benzene rings is 1. The predicted octanol–water partition coefficient (Wildman–Crippen LogP) is 3.39. The molecule has 0 bridgehead atoms. The highest BCUT2D eigenvalue weighted by Crippen LogP contribution is 2.38. The van der Waals surface area contributed by atoms with Gasteiger partial charge in [-0.25, -0.2) is 4.98 Å². The van der Waals surface area contributed by atoms with Crippen LogP contribution in [0.15, 0.2) is 35.4 Å². The second-order valence-electron chi connectivity index (χ2n) is 7.90. The average Bonchev–Trinajstić information content (AvgIpc) is 3.37. The topological polar surface area (TPSA) is 84.1 Å². The Morgan fingerprint density at radius 3 is 2.71 bits per heavy atom. The summed E-state index contributed by atoms with van der Waals surface area (Å²) in [7, 11) is 0. The first kappa shape index (κ1) is 17.2. The number of amides is 1. The Labute approximate surface area is 162 Å². The zero-order valence-electron chi connectivity index (χ0n) is 15.7. The summed E-state index contributed by atoms with van der Waals surface area (Å²) in [5.74, 6) is 1.12. The summed E-state index contributed by atoms with van der Waals surface area (Å²) in [6.45, 7) is 0.404. The van der Waals surface area contributed by atoms with E-state index in [2.05, 4.69) is 21.4 Å². The first-order chi connectivity index (χ1) is 13.7. The van der Waals surface area contributed by atoms with Crippen molar-refractivity contribution in [1.29, 1.82) is 0 Å². The van der Waals surface area contributed by atoms with Crippen LogP contribution in [0.1, 0.15) is 50.0 Å². The van der Waals surface area contributed by atoms with Crippen LogP contribution in [0.3, 0.4) is 0 Å². The molecule has 1 aliphatic carbocycles. The number of hydrogen-bond donors (Lipinski definition) is 2. The largest absolute Gasteiger partial charge is 0.475 e. The highest BCUT2D eigenvalue weighted by Gasteiger charge is 2.23. The van der Waals surface area contributed by atoms with E-state index in [9.17, 15) is 9.59 Å². The number of H-pyrrole nitrogens is 1. The SMILES string of the molecule is O=C1CC[C@@H](COc2nccc3cc4c(=O)[nH]cc(C5CCCC5)c4cc23)N1. The van der Waals surface area contributed by atoms with E-state index in [-0.39, 0.29) is 17.5 Å². The summed E-state index contributed by atoms with van der Waals surface area (Å²) < 4.78 is 5.98. The zero-order chi connectivity index (χ0) is 19.1. The Morgan fingerprint density at radius 2 is 1.93 bits per heavy atom. The lowest BCUT2D eigenvalue weighted by Gasteiger charge is -2.15. The number of fused-ring (bicyclic) bond motifs is 2. The van der Waals surface area contributed by atoms with E-state index in [1.54, 1.807) is 6.20 Å². The van der Waals surface area contributed by atoms with E-state index in [1.807, 2.05) is 18.3 Å². The maximum Gasteiger partial charge on any atom is 0.255 e. The molecule has 3 aromatic rings. The van der Waals surface area contributed by atoms with Gasteiger partial charge in [0, 0.05) is 29.6 Å². The second kappa shape index (κ2) is 6.93. The van der Waals surface area contributed by atoms with Crippen LogP contribution in [0, 0.1) is 0 Å². The van der Waals surface area contributed by atoms with Crippen LogP contribution in [-0.2, 0) is 4.79 Å². The monoisotopic (exact) mass is 377 g/mol. The first-order valence-electron chi connectivity index (χ1n) is 10.1. The molecular weight excluding hydrogens is 354 g/mol. The lowest BCUT2D eigenvalue weighted by molar-refractivity contribution is -0.119. The highest BCUT2D eigenvalue weighted by atomic mass is 16.5. The minimum atomic E-state index is -0.0633. The van der Waals surface area contributed by atoms with Gasteiger partial charge in [0.15, 0.2) is 0 Å². The molecule has 1 atom stereocenters. The number of pyridine rings is 2. The van der Waals surface area contributed by atoms with E-state index in [0.29, 0.717) is 24.8 Å². The van der Waals surface area contributed by atoms with E-state index < -0.39 is 0 Å². The smallest absolute Gasteiger partial charge is 0.255 e. The Balaban J connectivity index is 1.58. The molecule has 6 heteroatoms.